The van der Waals surface area contributed by atoms with Gasteiger partial charge in [-0.2, -0.15) is 0 Å². The highest BCUT2D eigenvalue weighted by molar-refractivity contribution is 7.91. The third-order valence-corrected chi connectivity index (χ3v) is 4.91. The first-order valence-corrected chi connectivity index (χ1v) is 7.24. The molecule has 0 spiro atoms. The van der Waals surface area contributed by atoms with Gasteiger partial charge in [0.2, 0.25) is 0 Å². The lowest BCUT2D eigenvalue weighted by molar-refractivity contribution is -0.383. The number of ether oxygens (including phenoxy) is 1. The summed E-state index contributed by atoms with van der Waals surface area (Å²) in [4.78, 5) is 20.2. The molecule has 1 aromatic heterocycles. The Kier molecular flexibility index (Phi) is 5.20. The number of anilines is 1. The highest BCUT2D eigenvalue weighted by Crippen LogP contribution is 2.36. The molecule has 0 fully saturated rings. The molecule has 13 heteroatoms. The van der Waals surface area contributed by atoms with Crippen LogP contribution in [0.3, 0.4) is 0 Å². The minimum atomic E-state index is -3.97. The molecular weight excluding hydrogens is 314 g/mol. The van der Waals surface area contributed by atoms with Crippen molar-refractivity contribution < 1.29 is 22.9 Å². The predicted octanol–water partition coefficient (Wildman–Crippen LogP) is -0.685. The standard InChI is InChI=1S/C7H11N5O6S2/c8-7(13)18-2-1-10-20(16,17)5-3-4(12(14)15)6(11-9)19-5/h3,10-11H,1-2,9H2,(H2,8,13). The quantitative estimate of drug-likeness (QED) is 0.220. The maximum atomic E-state index is 11.8. The van der Waals surface area contributed by atoms with Gasteiger partial charge in [0.1, 0.15) is 10.8 Å². The van der Waals surface area contributed by atoms with Crippen LogP contribution in [0, 0.1) is 10.1 Å². The molecule has 112 valence electrons. The fourth-order valence-corrected chi connectivity index (χ4v) is 3.43. The van der Waals surface area contributed by atoms with Gasteiger partial charge in [0, 0.05) is 12.6 Å². The van der Waals surface area contributed by atoms with Gasteiger partial charge < -0.3 is 15.9 Å². The summed E-state index contributed by atoms with van der Waals surface area (Å²) in [6, 6.07) is 0.872. The summed E-state index contributed by atoms with van der Waals surface area (Å²) in [6.45, 7) is -0.480. The van der Waals surface area contributed by atoms with Crippen LogP contribution < -0.4 is 21.7 Å². The first kappa shape index (κ1) is 16.1. The molecule has 6 N–H and O–H groups in total. The third-order valence-electron chi connectivity index (χ3n) is 1.92. The Morgan fingerprint density at radius 2 is 2.20 bits per heavy atom. The van der Waals surface area contributed by atoms with Gasteiger partial charge >= 0.3 is 11.8 Å². The van der Waals surface area contributed by atoms with Gasteiger partial charge in [-0.15, -0.1) is 0 Å². The Bertz CT molecular complexity index is 611. The molecule has 0 aliphatic carbocycles. The zero-order valence-electron chi connectivity index (χ0n) is 9.86. The summed E-state index contributed by atoms with van der Waals surface area (Å²) in [7, 11) is -3.97. The number of carbonyl (C=O) groups is 1. The minimum Gasteiger partial charge on any atom is -0.448 e. The summed E-state index contributed by atoms with van der Waals surface area (Å²) in [6.07, 6.45) is -1.04. The van der Waals surface area contributed by atoms with Gasteiger partial charge in [-0.3, -0.25) is 10.1 Å². The van der Waals surface area contributed by atoms with E-state index in [1.807, 2.05) is 0 Å². The summed E-state index contributed by atoms with van der Waals surface area (Å²) in [5.74, 6) is 5.07. The lowest BCUT2D eigenvalue weighted by atomic mass is 10.5. The van der Waals surface area contributed by atoms with E-state index < -0.39 is 26.7 Å². The zero-order valence-corrected chi connectivity index (χ0v) is 11.5. The Morgan fingerprint density at radius 3 is 2.65 bits per heavy atom. The number of primary amides is 1. The number of nitrogens with one attached hydrogen (secondary N) is 2. The molecule has 0 radical (unpaired) electrons. The smallest absolute Gasteiger partial charge is 0.404 e. The molecular formula is C7H11N5O6S2. The number of sulfonamides is 1. The van der Waals surface area contributed by atoms with Crippen LogP contribution in [-0.2, 0) is 14.8 Å². The highest BCUT2D eigenvalue weighted by atomic mass is 32.2. The van der Waals surface area contributed by atoms with E-state index in [9.17, 15) is 23.3 Å². The molecule has 0 unspecified atom stereocenters. The second-order valence-electron chi connectivity index (χ2n) is 3.25. The first-order chi connectivity index (χ1) is 9.27. The molecule has 11 nitrogen and oxygen atoms in total. The number of nitrogen functional groups attached to an aromatic ring is 1. The van der Waals surface area contributed by atoms with E-state index in [0.717, 1.165) is 6.07 Å². The number of hydrogen-bond acceptors (Lipinski definition) is 9. The molecule has 0 bridgehead atoms. The van der Waals surface area contributed by atoms with Gasteiger partial charge in [-0.1, -0.05) is 11.3 Å². The maximum absolute atomic E-state index is 11.8. The Morgan fingerprint density at radius 1 is 1.55 bits per heavy atom. The summed E-state index contributed by atoms with van der Waals surface area (Å²) in [5.41, 5.74) is 6.29. The fourth-order valence-electron chi connectivity index (χ4n) is 1.13. The average molecular weight is 325 g/mol. The zero-order chi connectivity index (χ0) is 15.3. The summed E-state index contributed by atoms with van der Waals surface area (Å²) >= 11 is 0.598. The van der Waals surface area contributed by atoms with Crippen LogP contribution in [0.4, 0.5) is 15.5 Å². The summed E-state index contributed by atoms with van der Waals surface area (Å²) in [5, 5.41) is 10.6. The lowest BCUT2D eigenvalue weighted by Crippen LogP contribution is -2.28. The van der Waals surface area contributed by atoms with Crippen molar-refractivity contribution in [1.29, 1.82) is 0 Å². The number of nitrogens with zero attached hydrogens (tertiary/aromatic N) is 1. The van der Waals surface area contributed by atoms with E-state index in [4.69, 9.17) is 11.6 Å². The molecule has 1 amide bonds. The number of carbonyl (C=O) groups excluding carboxylic acids is 1. The molecule has 0 aliphatic heterocycles. The fraction of sp³-hybridized carbons (Fsp3) is 0.286. The largest absolute Gasteiger partial charge is 0.448 e. The van der Waals surface area contributed by atoms with Crippen molar-refractivity contribution in [1.82, 2.24) is 4.72 Å². The maximum Gasteiger partial charge on any atom is 0.404 e. The number of amides is 1. The van der Waals surface area contributed by atoms with Crippen LogP contribution in [0.5, 0.6) is 0 Å². The highest BCUT2D eigenvalue weighted by Gasteiger charge is 2.25. The average Bonchev–Trinajstić information content (AvgIpc) is 2.79. The van der Waals surface area contributed by atoms with Crippen molar-refractivity contribution >= 4 is 38.1 Å². The Balaban J connectivity index is 2.82. The number of thiophene rings is 1. The molecule has 1 aromatic rings. The number of nitrogens with two attached hydrogens (primary N) is 2. The van der Waals surface area contributed by atoms with Crippen LogP contribution >= 0.6 is 11.3 Å². The van der Waals surface area contributed by atoms with Gasteiger partial charge in [0.25, 0.3) is 10.0 Å². The van der Waals surface area contributed by atoms with Crippen molar-refractivity contribution in [2.24, 2.45) is 11.6 Å². The van der Waals surface area contributed by atoms with Crippen molar-refractivity contribution in [3.8, 4) is 0 Å². The number of hydrogen-bond donors (Lipinski definition) is 4. The molecule has 0 aliphatic rings. The van der Waals surface area contributed by atoms with Crippen molar-refractivity contribution in [3.63, 3.8) is 0 Å². The molecule has 1 rings (SSSR count). The van der Waals surface area contributed by atoms with Crippen LogP contribution in [0.15, 0.2) is 10.3 Å². The molecule has 0 saturated carbocycles. The topological polar surface area (TPSA) is 180 Å². The third kappa shape index (κ3) is 4.02. The minimum absolute atomic E-state index is 0.0937. The SMILES string of the molecule is NNc1sc(S(=O)(=O)NCCOC(N)=O)cc1[N+](=O)[O-]. The predicted molar refractivity (Wildman–Crippen MR) is 69.5 cm³/mol. The van der Waals surface area contributed by atoms with E-state index in [2.05, 4.69) is 14.9 Å². The Labute approximate surface area is 117 Å². The molecule has 1 heterocycles. The van der Waals surface area contributed by atoms with Gasteiger partial charge in [0.15, 0.2) is 5.00 Å². The number of hydrazine groups is 1. The second-order valence-corrected chi connectivity index (χ2v) is 6.29. The molecule has 0 saturated heterocycles. The summed E-state index contributed by atoms with van der Waals surface area (Å²) < 4.78 is 29.8. The normalized spacial score (nSPS) is 11.1. The van der Waals surface area contributed by atoms with Crippen molar-refractivity contribution in [3.05, 3.63) is 16.2 Å². The monoisotopic (exact) mass is 325 g/mol. The molecule has 20 heavy (non-hydrogen) atoms. The van der Waals surface area contributed by atoms with Crippen LogP contribution in [0.25, 0.3) is 0 Å². The van der Waals surface area contributed by atoms with Crippen LogP contribution in [-0.4, -0.2) is 32.6 Å². The van der Waals surface area contributed by atoms with Crippen molar-refractivity contribution in [2.45, 2.75) is 4.21 Å². The molecule has 0 aromatic carbocycles. The number of nitro groups is 1. The Hall–Kier alpha value is -1.96. The van der Waals surface area contributed by atoms with E-state index >= 15 is 0 Å². The first-order valence-electron chi connectivity index (χ1n) is 4.94. The van der Waals surface area contributed by atoms with Gasteiger partial charge in [-0.05, 0) is 0 Å². The van der Waals surface area contributed by atoms with Gasteiger partial charge in [0.05, 0.1) is 4.92 Å². The van der Waals surface area contributed by atoms with Crippen LogP contribution in [0.1, 0.15) is 0 Å². The second kappa shape index (κ2) is 6.47. The van der Waals surface area contributed by atoms with E-state index in [-0.39, 0.29) is 22.4 Å². The van der Waals surface area contributed by atoms with Crippen LogP contribution in [0.2, 0.25) is 0 Å². The molecule has 0 atom stereocenters. The van der Waals surface area contributed by atoms with E-state index in [0.29, 0.717) is 11.3 Å². The van der Waals surface area contributed by atoms with E-state index in [1.165, 1.54) is 0 Å². The lowest BCUT2D eigenvalue weighted by Gasteiger charge is -2.04. The van der Waals surface area contributed by atoms with E-state index in [1.54, 1.807) is 0 Å². The van der Waals surface area contributed by atoms with Crippen molar-refractivity contribution in [2.75, 3.05) is 18.6 Å². The number of rotatable bonds is 7. The van der Waals surface area contributed by atoms with Gasteiger partial charge in [-0.25, -0.2) is 23.8 Å².